The molecule has 1 aromatic heterocycles. The maximum Gasteiger partial charge on any atom is 0.362 e. The summed E-state index contributed by atoms with van der Waals surface area (Å²) in [4.78, 5) is 15.1. The topological polar surface area (TPSA) is 64.3 Å². The summed E-state index contributed by atoms with van der Waals surface area (Å²) in [5.41, 5.74) is 0.944. The molecular weight excluding hydrogens is 220 g/mol. The molecule has 0 aliphatic rings. The molecule has 0 saturated carbocycles. The Morgan fingerprint density at radius 1 is 1.41 bits per heavy atom. The van der Waals surface area contributed by atoms with Crippen molar-refractivity contribution in [2.24, 2.45) is 0 Å². The second-order valence-corrected chi connectivity index (χ2v) is 3.52. The van der Waals surface area contributed by atoms with Crippen molar-refractivity contribution in [3.63, 3.8) is 0 Å². The van der Waals surface area contributed by atoms with Crippen LogP contribution in [-0.4, -0.2) is 27.7 Å². The number of carbonyl (C=O) groups is 1. The van der Waals surface area contributed by atoms with E-state index < -0.39 is 5.97 Å². The highest BCUT2D eigenvalue weighted by Gasteiger charge is 2.17. The van der Waals surface area contributed by atoms with Crippen LogP contribution in [0, 0.1) is 0 Å². The lowest BCUT2D eigenvalue weighted by Gasteiger charge is -2.04. The molecule has 0 fully saturated rings. The molecule has 1 heterocycles. The first-order valence-corrected chi connectivity index (χ1v) is 5.08. The van der Waals surface area contributed by atoms with E-state index in [1.54, 1.807) is 0 Å². The molecule has 0 bridgehead atoms. The van der Waals surface area contributed by atoms with Gasteiger partial charge in [-0.25, -0.2) is 9.78 Å². The zero-order valence-corrected chi connectivity index (χ0v) is 9.33. The number of ether oxygens (including phenoxy) is 1. The smallest absolute Gasteiger partial charge is 0.362 e. The van der Waals surface area contributed by atoms with E-state index in [1.165, 1.54) is 18.0 Å². The molecule has 2 aromatic rings. The van der Waals surface area contributed by atoms with Crippen LogP contribution in [0.3, 0.4) is 0 Å². The van der Waals surface area contributed by atoms with E-state index in [1.807, 2.05) is 30.3 Å². The summed E-state index contributed by atoms with van der Waals surface area (Å²) in [6.07, 6.45) is 1.41. The monoisotopic (exact) mass is 232 g/mol. The Bertz CT molecular complexity index is 520. The molecule has 0 atom stereocenters. The van der Waals surface area contributed by atoms with Gasteiger partial charge in [-0.3, -0.25) is 4.57 Å². The molecule has 0 aliphatic carbocycles. The van der Waals surface area contributed by atoms with E-state index in [-0.39, 0.29) is 11.6 Å². The summed E-state index contributed by atoms with van der Waals surface area (Å²) >= 11 is 0. The maximum atomic E-state index is 11.2. The molecule has 1 N–H and O–H groups in total. The van der Waals surface area contributed by atoms with Crippen molar-refractivity contribution in [3.05, 3.63) is 47.9 Å². The number of nitrogens with zero attached hydrogens (tertiary/aromatic N) is 2. The third-order valence-electron chi connectivity index (χ3n) is 2.38. The first-order valence-electron chi connectivity index (χ1n) is 5.08. The quantitative estimate of drug-likeness (QED) is 0.813. The van der Waals surface area contributed by atoms with Gasteiger partial charge < -0.3 is 9.84 Å². The van der Waals surface area contributed by atoms with Crippen molar-refractivity contribution >= 4 is 5.97 Å². The van der Waals surface area contributed by atoms with Crippen LogP contribution >= 0.6 is 0 Å². The van der Waals surface area contributed by atoms with Crippen LogP contribution in [0.4, 0.5) is 0 Å². The van der Waals surface area contributed by atoms with Gasteiger partial charge in [-0.2, -0.15) is 0 Å². The highest BCUT2D eigenvalue weighted by atomic mass is 16.5. The summed E-state index contributed by atoms with van der Waals surface area (Å²) in [5.74, 6) is -0.824. The van der Waals surface area contributed by atoms with Gasteiger partial charge in [0.05, 0.1) is 20.0 Å². The summed E-state index contributed by atoms with van der Waals surface area (Å²) in [6.45, 7) is 0.455. The van der Waals surface area contributed by atoms with Crippen molar-refractivity contribution in [2.75, 3.05) is 7.11 Å². The first kappa shape index (κ1) is 11.2. The molecule has 5 nitrogen and oxygen atoms in total. The number of aromatic hydroxyl groups is 1. The maximum absolute atomic E-state index is 11.2. The number of aromatic nitrogens is 2. The lowest BCUT2D eigenvalue weighted by molar-refractivity contribution is 0.0590. The van der Waals surface area contributed by atoms with Gasteiger partial charge in [0.1, 0.15) is 0 Å². The Morgan fingerprint density at radius 3 is 2.76 bits per heavy atom. The highest BCUT2D eigenvalue weighted by molar-refractivity contribution is 5.89. The largest absolute Gasteiger partial charge is 0.493 e. The molecule has 17 heavy (non-hydrogen) atoms. The molecule has 1 aromatic carbocycles. The van der Waals surface area contributed by atoms with Gasteiger partial charge in [-0.05, 0) is 5.56 Å². The Labute approximate surface area is 98.3 Å². The van der Waals surface area contributed by atoms with Crippen molar-refractivity contribution in [3.8, 4) is 5.88 Å². The third-order valence-corrected chi connectivity index (χ3v) is 2.38. The summed E-state index contributed by atoms with van der Waals surface area (Å²) < 4.78 is 5.99. The van der Waals surface area contributed by atoms with E-state index in [0.717, 1.165) is 5.56 Å². The van der Waals surface area contributed by atoms with Crippen LogP contribution in [0.25, 0.3) is 0 Å². The minimum absolute atomic E-state index is 0.0663. The lowest BCUT2D eigenvalue weighted by Crippen LogP contribution is -2.03. The SMILES string of the molecule is COC(=O)c1ncn(Cc2ccccc2)c1O. The van der Waals surface area contributed by atoms with Crippen molar-refractivity contribution < 1.29 is 14.6 Å². The van der Waals surface area contributed by atoms with Crippen LogP contribution in [-0.2, 0) is 11.3 Å². The average Bonchev–Trinajstić information content (AvgIpc) is 2.72. The predicted octanol–water partition coefficient (Wildman–Crippen LogP) is 1.42. The van der Waals surface area contributed by atoms with E-state index in [4.69, 9.17) is 0 Å². The molecule has 2 rings (SSSR count). The van der Waals surface area contributed by atoms with Crippen LogP contribution < -0.4 is 0 Å². The number of carbonyl (C=O) groups excluding carboxylic acids is 1. The van der Waals surface area contributed by atoms with Gasteiger partial charge in [-0.15, -0.1) is 0 Å². The Kier molecular flexibility index (Phi) is 3.09. The summed E-state index contributed by atoms with van der Waals surface area (Å²) in [6, 6.07) is 9.58. The predicted molar refractivity (Wildman–Crippen MR) is 60.8 cm³/mol. The molecular formula is C12H12N2O3. The van der Waals surface area contributed by atoms with Crippen LogP contribution in [0.2, 0.25) is 0 Å². The second-order valence-electron chi connectivity index (χ2n) is 3.52. The van der Waals surface area contributed by atoms with Gasteiger partial charge in [0.25, 0.3) is 0 Å². The summed E-state index contributed by atoms with van der Waals surface area (Å²) in [5, 5.41) is 9.79. The fourth-order valence-corrected chi connectivity index (χ4v) is 1.51. The van der Waals surface area contributed by atoms with Crippen LogP contribution in [0.5, 0.6) is 5.88 Å². The molecule has 88 valence electrons. The number of esters is 1. The number of rotatable bonds is 3. The van der Waals surface area contributed by atoms with E-state index in [2.05, 4.69) is 9.72 Å². The van der Waals surface area contributed by atoms with E-state index in [9.17, 15) is 9.90 Å². The van der Waals surface area contributed by atoms with Crippen molar-refractivity contribution in [1.29, 1.82) is 0 Å². The van der Waals surface area contributed by atoms with Crippen molar-refractivity contribution in [1.82, 2.24) is 9.55 Å². The third kappa shape index (κ3) is 2.28. The number of hydrogen-bond acceptors (Lipinski definition) is 4. The number of benzene rings is 1. The number of imidazole rings is 1. The molecule has 0 radical (unpaired) electrons. The summed E-state index contributed by atoms with van der Waals surface area (Å²) in [7, 11) is 1.25. The Hall–Kier alpha value is -2.30. The van der Waals surface area contributed by atoms with E-state index >= 15 is 0 Å². The Morgan fingerprint density at radius 2 is 2.12 bits per heavy atom. The number of methoxy groups -OCH3 is 1. The molecule has 0 amide bonds. The molecule has 5 heteroatoms. The van der Waals surface area contributed by atoms with Gasteiger partial charge >= 0.3 is 5.97 Å². The van der Waals surface area contributed by atoms with Crippen LogP contribution in [0.15, 0.2) is 36.7 Å². The molecule has 0 aliphatic heterocycles. The first-order chi connectivity index (χ1) is 8.22. The van der Waals surface area contributed by atoms with Gasteiger partial charge in [0.15, 0.2) is 0 Å². The minimum Gasteiger partial charge on any atom is -0.493 e. The van der Waals surface area contributed by atoms with Gasteiger partial charge in [-0.1, -0.05) is 30.3 Å². The van der Waals surface area contributed by atoms with Crippen LogP contribution in [0.1, 0.15) is 16.1 Å². The minimum atomic E-state index is -0.644. The fourth-order valence-electron chi connectivity index (χ4n) is 1.51. The number of hydrogen-bond donors (Lipinski definition) is 1. The molecule has 0 spiro atoms. The average molecular weight is 232 g/mol. The van der Waals surface area contributed by atoms with Crippen molar-refractivity contribution in [2.45, 2.75) is 6.54 Å². The van der Waals surface area contributed by atoms with E-state index in [0.29, 0.717) is 6.54 Å². The van der Waals surface area contributed by atoms with Gasteiger partial charge in [0.2, 0.25) is 11.6 Å². The molecule has 0 unspecified atom stereocenters. The zero-order chi connectivity index (χ0) is 12.3. The lowest BCUT2D eigenvalue weighted by atomic mass is 10.2. The van der Waals surface area contributed by atoms with Gasteiger partial charge in [0, 0.05) is 0 Å². The normalized spacial score (nSPS) is 10.2. The highest BCUT2D eigenvalue weighted by Crippen LogP contribution is 2.17. The second kappa shape index (κ2) is 4.69. The Balaban J connectivity index is 2.24. The standard InChI is InChI=1S/C12H12N2O3/c1-17-12(16)10-11(15)14(8-13-10)7-9-5-3-2-4-6-9/h2-6,8,15H,7H2,1H3. The molecule has 0 saturated heterocycles. The zero-order valence-electron chi connectivity index (χ0n) is 9.33. The fraction of sp³-hybridized carbons (Fsp3) is 0.167.